The molecule has 50 heavy (non-hydrogen) atoms. The number of aryl methyl sites for hydroxylation is 1. The third-order valence-electron chi connectivity index (χ3n) is 11.0. The van der Waals surface area contributed by atoms with Crippen molar-refractivity contribution in [3.8, 4) is 5.75 Å². The van der Waals surface area contributed by atoms with Crippen LogP contribution in [0.25, 0.3) is 0 Å². The average molecular weight is 730 g/mol. The van der Waals surface area contributed by atoms with Crippen molar-refractivity contribution in [2.75, 3.05) is 65.2 Å². The predicted molar refractivity (Wildman–Crippen MR) is 195 cm³/mol. The topological polar surface area (TPSA) is 107 Å². The van der Waals surface area contributed by atoms with Gasteiger partial charge >= 0.3 is 10.2 Å². The number of nitrogens with zero attached hydrogens (tertiary/aromatic N) is 2. The summed E-state index contributed by atoms with van der Waals surface area (Å²) in [5.74, 6) is 0.687. The van der Waals surface area contributed by atoms with E-state index >= 15 is 0 Å². The molecule has 4 aliphatic rings. The van der Waals surface area contributed by atoms with Crippen LogP contribution in [0.3, 0.4) is 0 Å². The smallest absolute Gasteiger partial charge is 0.304 e. The Morgan fingerprint density at radius 3 is 2.66 bits per heavy atom. The van der Waals surface area contributed by atoms with E-state index in [-0.39, 0.29) is 23.6 Å². The van der Waals surface area contributed by atoms with Gasteiger partial charge in [-0.25, -0.2) is 4.72 Å². The SMILES string of the molecule is COCCCO[C@H]1/C=C/C[C@H](C)N(CCCOC)S(=O)(=O)NC(=O)c2ccc3c(c2)N(C[C@@H]2CC[C@H]21)C[C@@]1(CCCc2cc(Cl)ccc21)CO3. The van der Waals surface area contributed by atoms with Crippen molar-refractivity contribution in [1.29, 1.82) is 0 Å². The lowest BCUT2D eigenvalue weighted by Crippen LogP contribution is -2.50. The Labute approximate surface area is 302 Å². The van der Waals surface area contributed by atoms with Crippen molar-refractivity contribution in [2.45, 2.75) is 75.9 Å². The number of benzene rings is 2. The molecule has 5 atom stereocenters. The maximum atomic E-state index is 13.8. The van der Waals surface area contributed by atoms with Gasteiger partial charge in [0.05, 0.1) is 18.4 Å². The van der Waals surface area contributed by atoms with Crippen LogP contribution in [0, 0.1) is 11.8 Å². The first-order valence-electron chi connectivity index (χ1n) is 18.0. The fraction of sp³-hybridized carbons (Fsp3) is 0.605. The van der Waals surface area contributed by atoms with Crippen LogP contribution in [0.15, 0.2) is 48.6 Å². The Morgan fingerprint density at radius 2 is 1.88 bits per heavy atom. The zero-order chi connectivity index (χ0) is 35.3. The molecule has 274 valence electrons. The molecule has 0 saturated heterocycles. The number of ether oxygens (including phenoxy) is 4. The van der Waals surface area contributed by atoms with Gasteiger partial charge in [-0.3, -0.25) is 4.79 Å². The van der Waals surface area contributed by atoms with E-state index < -0.39 is 22.2 Å². The number of fused-ring (bicyclic) bond motifs is 4. The summed E-state index contributed by atoms with van der Waals surface area (Å²) in [6, 6.07) is 11.1. The molecule has 2 aromatic rings. The van der Waals surface area contributed by atoms with Crippen LogP contribution in [0.2, 0.25) is 5.02 Å². The number of hydrogen-bond donors (Lipinski definition) is 1. The summed E-state index contributed by atoms with van der Waals surface area (Å²) in [6.07, 6.45) is 10.9. The molecule has 1 N–H and O–H groups in total. The zero-order valence-corrected chi connectivity index (χ0v) is 31.1. The summed E-state index contributed by atoms with van der Waals surface area (Å²) >= 11 is 6.46. The van der Waals surface area contributed by atoms with Crippen LogP contribution in [-0.2, 0) is 36.3 Å². The van der Waals surface area contributed by atoms with E-state index in [1.165, 1.54) is 15.4 Å². The number of amides is 1. The Bertz CT molecular complexity index is 1640. The van der Waals surface area contributed by atoms with Gasteiger partial charge in [-0.1, -0.05) is 29.8 Å². The van der Waals surface area contributed by atoms with Gasteiger partial charge in [0, 0.05) is 75.7 Å². The minimum absolute atomic E-state index is 0.107. The van der Waals surface area contributed by atoms with Gasteiger partial charge in [-0.15, -0.1) is 0 Å². The minimum atomic E-state index is -4.18. The van der Waals surface area contributed by atoms with E-state index in [0.29, 0.717) is 63.4 Å². The number of anilines is 1. The van der Waals surface area contributed by atoms with E-state index in [0.717, 1.165) is 55.8 Å². The molecule has 1 spiro atoms. The maximum absolute atomic E-state index is 13.8. The Balaban J connectivity index is 1.39. The molecule has 1 fully saturated rings. The lowest BCUT2D eigenvalue weighted by atomic mass is 9.68. The molecule has 1 saturated carbocycles. The normalized spacial score (nSPS) is 28.8. The molecule has 2 aromatic carbocycles. The molecular formula is C38H52ClN3O7S. The fourth-order valence-electron chi connectivity index (χ4n) is 8.24. The molecule has 2 bridgehead atoms. The molecule has 12 heteroatoms. The second kappa shape index (κ2) is 16.3. The molecule has 10 nitrogen and oxygen atoms in total. The first kappa shape index (κ1) is 37.1. The molecule has 2 heterocycles. The summed E-state index contributed by atoms with van der Waals surface area (Å²) in [5, 5.41) is 0.739. The highest BCUT2D eigenvalue weighted by Crippen LogP contribution is 2.47. The minimum Gasteiger partial charge on any atom is -0.490 e. The third kappa shape index (κ3) is 8.18. The number of methoxy groups -OCH3 is 2. The lowest BCUT2D eigenvalue weighted by Gasteiger charge is -2.46. The molecule has 6 rings (SSSR count). The van der Waals surface area contributed by atoms with Crippen molar-refractivity contribution in [3.05, 3.63) is 70.3 Å². The van der Waals surface area contributed by atoms with E-state index in [1.807, 2.05) is 31.2 Å². The second-order valence-corrected chi connectivity index (χ2v) is 16.4. The molecule has 0 radical (unpaired) electrons. The predicted octanol–water partition coefficient (Wildman–Crippen LogP) is 5.92. The first-order valence-corrected chi connectivity index (χ1v) is 19.9. The quantitative estimate of drug-likeness (QED) is 0.251. The number of rotatable bonds is 9. The number of carbonyl (C=O) groups excluding carboxylic acids is 1. The van der Waals surface area contributed by atoms with Crippen molar-refractivity contribution in [3.63, 3.8) is 0 Å². The summed E-state index contributed by atoms with van der Waals surface area (Å²) in [6.45, 7) is 5.68. The molecule has 2 aliphatic heterocycles. The summed E-state index contributed by atoms with van der Waals surface area (Å²) in [4.78, 5) is 16.1. The number of nitrogens with one attached hydrogen (secondary N) is 1. The molecule has 0 aromatic heterocycles. The largest absolute Gasteiger partial charge is 0.490 e. The van der Waals surface area contributed by atoms with Crippen LogP contribution in [0.5, 0.6) is 5.75 Å². The van der Waals surface area contributed by atoms with Gasteiger partial charge in [0.15, 0.2) is 0 Å². The van der Waals surface area contributed by atoms with Crippen molar-refractivity contribution in [2.24, 2.45) is 11.8 Å². The van der Waals surface area contributed by atoms with Crippen molar-refractivity contribution < 1.29 is 32.2 Å². The first-order chi connectivity index (χ1) is 24.1. The van der Waals surface area contributed by atoms with Crippen LogP contribution in [0.4, 0.5) is 5.69 Å². The number of carbonyl (C=O) groups is 1. The van der Waals surface area contributed by atoms with Crippen LogP contribution >= 0.6 is 11.6 Å². The van der Waals surface area contributed by atoms with Gasteiger partial charge in [0.25, 0.3) is 5.91 Å². The molecule has 1 amide bonds. The van der Waals surface area contributed by atoms with E-state index in [4.69, 9.17) is 30.5 Å². The highest BCUT2D eigenvalue weighted by Gasteiger charge is 2.44. The monoisotopic (exact) mass is 729 g/mol. The van der Waals surface area contributed by atoms with Gasteiger partial charge in [-0.2, -0.15) is 12.7 Å². The van der Waals surface area contributed by atoms with Crippen molar-refractivity contribution in [1.82, 2.24) is 9.03 Å². The fourth-order valence-corrected chi connectivity index (χ4v) is 9.83. The van der Waals surface area contributed by atoms with Gasteiger partial charge in [0.1, 0.15) is 5.75 Å². The highest BCUT2D eigenvalue weighted by molar-refractivity contribution is 7.87. The van der Waals surface area contributed by atoms with Crippen LogP contribution < -0.4 is 14.4 Å². The van der Waals surface area contributed by atoms with E-state index in [2.05, 4.69) is 27.8 Å². The van der Waals surface area contributed by atoms with Crippen LogP contribution in [0.1, 0.15) is 73.4 Å². The Morgan fingerprint density at radius 1 is 1.06 bits per heavy atom. The number of hydrogen-bond acceptors (Lipinski definition) is 8. The second-order valence-electron chi connectivity index (χ2n) is 14.4. The summed E-state index contributed by atoms with van der Waals surface area (Å²) in [5.41, 5.74) is 3.35. The third-order valence-corrected chi connectivity index (χ3v) is 12.8. The molecule has 2 aliphatic carbocycles. The van der Waals surface area contributed by atoms with Gasteiger partial charge < -0.3 is 23.8 Å². The maximum Gasteiger partial charge on any atom is 0.304 e. The molecule has 0 unspecified atom stereocenters. The molecular weight excluding hydrogens is 678 g/mol. The highest BCUT2D eigenvalue weighted by atomic mass is 35.5. The zero-order valence-electron chi connectivity index (χ0n) is 29.6. The summed E-state index contributed by atoms with van der Waals surface area (Å²) < 4.78 is 55.1. The Kier molecular flexibility index (Phi) is 12.1. The van der Waals surface area contributed by atoms with E-state index in [1.54, 1.807) is 20.3 Å². The van der Waals surface area contributed by atoms with Gasteiger partial charge in [-0.05, 0) is 112 Å². The standard InChI is InChI=1S/C38H52ClN3O7S/c1-27-8-4-10-35(48-21-7-20-47-3)32-14-11-30(32)24-41-25-38(17-5-9-28-22-31(39)13-15-33(28)38)26-49-36-16-12-29(23-34(36)41)37(43)40-50(44,45)42(27)18-6-19-46-2/h4,10,12-13,15-16,22-23,27,30,32,35H,5-9,11,14,17-21,24-26H2,1-3H3,(H,40,43)/b10-4+/t27-,30-,32+,35-,38-/m0/s1. The Hall–Kier alpha value is -2.67. The van der Waals surface area contributed by atoms with Gasteiger partial charge in [0.2, 0.25) is 0 Å². The van der Waals surface area contributed by atoms with E-state index in [9.17, 15) is 13.2 Å². The lowest BCUT2D eigenvalue weighted by molar-refractivity contribution is -0.0195. The summed E-state index contributed by atoms with van der Waals surface area (Å²) in [7, 11) is -0.889. The van der Waals surface area contributed by atoms with Crippen LogP contribution in [-0.4, -0.2) is 91.1 Å². The number of halogens is 1. The van der Waals surface area contributed by atoms with Crippen molar-refractivity contribution >= 4 is 33.4 Å². The average Bonchev–Trinajstić information content (AvgIpc) is 3.22.